The number of imide groups is 1. The second-order valence-electron chi connectivity index (χ2n) is 9.71. The van der Waals surface area contributed by atoms with Crippen LogP contribution in [0.4, 0.5) is 0 Å². The molecule has 0 aromatic rings. The summed E-state index contributed by atoms with van der Waals surface area (Å²) < 4.78 is 70.4. The van der Waals surface area contributed by atoms with Crippen LogP contribution in [0, 0.1) is 0 Å². The van der Waals surface area contributed by atoms with Gasteiger partial charge in [-0.3, -0.25) is 14.5 Å². The molecule has 1 rings (SSSR count). The van der Waals surface area contributed by atoms with Gasteiger partial charge in [-0.05, 0) is 6.92 Å². The van der Waals surface area contributed by atoms with Gasteiger partial charge in [-0.2, -0.15) is 0 Å². The summed E-state index contributed by atoms with van der Waals surface area (Å²) in [6.07, 6.45) is 2.51. The SMILES string of the molecule is CCOCCOCCOCCOCCOCCOCCOCCOCCOCCOCCOCCOCCOCCN1C(=O)C=CC1=O. The molecule has 282 valence electrons. The summed E-state index contributed by atoms with van der Waals surface area (Å²) in [6.45, 7) is 15.1. The minimum atomic E-state index is -0.307. The smallest absolute Gasteiger partial charge is 0.253 e. The van der Waals surface area contributed by atoms with Crippen molar-refractivity contribution in [2.45, 2.75) is 6.92 Å². The van der Waals surface area contributed by atoms with E-state index in [9.17, 15) is 9.59 Å². The number of hydrogen-bond donors (Lipinski definition) is 0. The fourth-order valence-electron chi connectivity index (χ4n) is 3.59. The van der Waals surface area contributed by atoms with Crippen LogP contribution in [-0.4, -0.2) is 195 Å². The van der Waals surface area contributed by atoms with Crippen molar-refractivity contribution in [3.8, 4) is 0 Å². The Hall–Kier alpha value is -1.64. The molecule has 1 aliphatic heterocycles. The van der Waals surface area contributed by atoms with E-state index in [0.717, 1.165) is 4.90 Å². The van der Waals surface area contributed by atoms with E-state index in [1.165, 1.54) is 12.2 Å². The van der Waals surface area contributed by atoms with Gasteiger partial charge in [0.1, 0.15) is 0 Å². The van der Waals surface area contributed by atoms with Gasteiger partial charge in [0.05, 0.1) is 172 Å². The largest absolute Gasteiger partial charge is 0.379 e. The number of nitrogens with zero attached hydrogens (tertiary/aromatic N) is 1. The predicted octanol–water partition coefficient (Wildman–Crippen LogP) is 0.147. The minimum absolute atomic E-state index is 0.239. The molecule has 1 heterocycles. The van der Waals surface area contributed by atoms with Crippen LogP contribution in [0.1, 0.15) is 6.92 Å². The van der Waals surface area contributed by atoms with E-state index in [-0.39, 0.29) is 25.0 Å². The molecule has 0 saturated heterocycles. The molecule has 2 amide bonds. The first-order valence-electron chi connectivity index (χ1n) is 16.8. The van der Waals surface area contributed by atoms with Gasteiger partial charge in [0.25, 0.3) is 11.8 Å². The van der Waals surface area contributed by atoms with Crippen molar-refractivity contribution in [1.82, 2.24) is 4.90 Å². The van der Waals surface area contributed by atoms with E-state index in [2.05, 4.69) is 0 Å². The van der Waals surface area contributed by atoms with Gasteiger partial charge in [-0.15, -0.1) is 0 Å². The van der Waals surface area contributed by atoms with Crippen molar-refractivity contribution in [3.63, 3.8) is 0 Å². The number of amides is 2. The summed E-state index contributed by atoms with van der Waals surface area (Å²) in [7, 11) is 0. The fourth-order valence-corrected chi connectivity index (χ4v) is 3.59. The molecule has 0 radical (unpaired) electrons. The molecule has 0 saturated carbocycles. The Balaban J connectivity index is 1.61. The van der Waals surface area contributed by atoms with Crippen LogP contribution in [0.15, 0.2) is 12.2 Å². The zero-order valence-corrected chi connectivity index (χ0v) is 28.8. The van der Waals surface area contributed by atoms with Gasteiger partial charge in [0.15, 0.2) is 0 Å². The number of carbonyl (C=O) groups excluding carboxylic acids is 2. The maximum absolute atomic E-state index is 11.4. The molecule has 0 atom stereocenters. The van der Waals surface area contributed by atoms with Gasteiger partial charge in [-0.1, -0.05) is 0 Å². The van der Waals surface area contributed by atoms with Crippen LogP contribution >= 0.6 is 0 Å². The molecule has 0 bridgehead atoms. The Kier molecular flexibility index (Phi) is 33.9. The van der Waals surface area contributed by atoms with Crippen LogP contribution in [0.5, 0.6) is 0 Å². The summed E-state index contributed by atoms with van der Waals surface area (Å²) in [6, 6.07) is 0. The number of hydrogen-bond acceptors (Lipinski definition) is 15. The summed E-state index contributed by atoms with van der Waals surface area (Å²) in [5.41, 5.74) is 0. The molecule has 48 heavy (non-hydrogen) atoms. The van der Waals surface area contributed by atoms with Crippen LogP contribution in [-0.2, 0) is 71.2 Å². The van der Waals surface area contributed by atoms with Crippen LogP contribution in [0.3, 0.4) is 0 Å². The second-order valence-corrected chi connectivity index (χ2v) is 9.71. The van der Waals surface area contributed by atoms with Crippen molar-refractivity contribution < 1.29 is 71.2 Å². The summed E-state index contributed by atoms with van der Waals surface area (Å²) in [5.74, 6) is -0.614. The molecule has 16 heteroatoms. The Labute approximate surface area is 285 Å². The highest BCUT2D eigenvalue weighted by molar-refractivity contribution is 6.12. The highest BCUT2D eigenvalue weighted by Gasteiger charge is 2.22. The molecule has 0 aromatic carbocycles. The maximum atomic E-state index is 11.4. The quantitative estimate of drug-likeness (QED) is 0.0629. The summed E-state index contributed by atoms with van der Waals surface area (Å²) in [4.78, 5) is 23.9. The molecule has 0 spiro atoms. The van der Waals surface area contributed by atoms with E-state index >= 15 is 0 Å². The molecule has 0 fully saturated rings. The van der Waals surface area contributed by atoms with E-state index in [0.29, 0.717) is 165 Å². The zero-order chi connectivity index (χ0) is 34.4. The zero-order valence-electron chi connectivity index (χ0n) is 28.8. The fraction of sp³-hybridized carbons (Fsp3) is 0.875. The normalized spacial score (nSPS) is 13.1. The lowest BCUT2D eigenvalue weighted by atomic mass is 10.5. The molecule has 0 unspecified atom stereocenters. The molecular formula is C32H59NO15. The van der Waals surface area contributed by atoms with Crippen molar-refractivity contribution in [3.05, 3.63) is 12.2 Å². The molecule has 0 N–H and O–H groups in total. The average molecular weight is 698 g/mol. The van der Waals surface area contributed by atoms with Gasteiger partial charge in [-0.25, -0.2) is 0 Å². The first-order chi connectivity index (χ1) is 23.8. The highest BCUT2D eigenvalue weighted by Crippen LogP contribution is 2.02. The first kappa shape index (κ1) is 44.4. The standard InChI is InChI=1S/C32H59NO15/c1-2-36-7-8-38-11-12-40-15-16-42-19-20-44-23-24-46-27-28-48-30-29-47-26-25-45-22-21-43-18-17-41-14-13-39-10-9-37-6-5-33-31(34)3-4-32(33)35/h3-4H,2,5-30H2,1H3. The maximum Gasteiger partial charge on any atom is 0.253 e. The lowest BCUT2D eigenvalue weighted by molar-refractivity contribution is -0.137. The highest BCUT2D eigenvalue weighted by atomic mass is 16.6. The molecule has 16 nitrogen and oxygen atoms in total. The van der Waals surface area contributed by atoms with Crippen LogP contribution in [0.2, 0.25) is 0 Å². The van der Waals surface area contributed by atoms with Gasteiger partial charge in [0, 0.05) is 18.8 Å². The van der Waals surface area contributed by atoms with Gasteiger partial charge in [0.2, 0.25) is 0 Å². The predicted molar refractivity (Wildman–Crippen MR) is 172 cm³/mol. The molecule has 0 aromatic heterocycles. The Morgan fingerprint density at radius 3 is 0.729 bits per heavy atom. The van der Waals surface area contributed by atoms with E-state index in [1.54, 1.807) is 0 Å². The van der Waals surface area contributed by atoms with E-state index < -0.39 is 0 Å². The van der Waals surface area contributed by atoms with Crippen molar-refractivity contribution >= 4 is 11.8 Å². The lowest BCUT2D eigenvalue weighted by Crippen LogP contribution is -2.33. The Bertz CT molecular complexity index is 728. The van der Waals surface area contributed by atoms with Crippen LogP contribution < -0.4 is 0 Å². The third kappa shape index (κ3) is 30.4. The number of carbonyl (C=O) groups is 2. The molecular weight excluding hydrogens is 638 g/mol. The van der Waals surface area contributed by atoms with Crippen molar-refractivity contribution in [2.75, 3.05) is 178 Å². The summed E-state index contributed by atoms with van der Waals surface area (Å²) >= 11 is 0. The Morgan fingerprint density at radius 1 is 0.333 bits per heavy atom. The second kappa shape index (κ2) is 36.6. The number of rotatable bonds is 40. The van der Waals surface area contributed by atoms with Crippen LogP contribution in [0.25, 0.3) is 0 Å². The third-order valence-electron chi connectivity index (χ3n) is 6.03. The monoisotopic (exact) mass is 697 g/mol. The molecule has 1 aliphatic rings. The van der Waals surface area contributed by atoms with Gasteiger partial charge < -0.3 is 61.6 Å². The third-order valence-corrected chi connectivity index (χ3v) is 6.03. The van der Waals surface area contributed by atoms with Crippen molar-refractivity contribution in [2.24, 2.45) is 0 Å². The number of ether oxygens (including phenoxy) is 13. The first-order valence-corrected chi connectivity index (χ1v) is 16.8. The lowest BCUT2D eigenvalue weighted by Gasteiger charge is -2.13. The van der Waals surface area contributed by atoms with Crippen molar-refractivity contribution in [1.29, 1.82) is 0 Å². The summed E-state index contributed by atoms with van der Waals surface area (Å²) in [5, 5.41) is 0. The van der Waals surface area contributed by atoms with E-state index in [1.807, 2.05) is 6.92 Å². The van der Waals surface area contributed by atoms with Gasteiger partial charge >= 0.3 is 0 Å². The Morgan fingerprint density at radius 2 is 0.521 bits per heavy atom. The topological polar surface area (TPSA) is 157 Å². The van der Waals surface area contributed by atoms with E-state index in [4.69, 9.17) is 61.6 Å². The minimum Gasteiger partial charge on any atom is -0.379 e. The average Bonchev–Trinajstić information content (AvgIpc) is 3.41. The molecule has 0 aliphatic carbocycles.